The van der Waals surface area contributed by atoms with Crippen LogP contribution in [0.4, 0.5) is 17.5 Å². The number of rotatable bonds is 9. The number of ether oxygens (including phenoxy) is 1. The summed E-state index contributed by atoms with van der Waals surface area (Å²) in [7, 11) is 0. The number of morpholine rings is 1. The van der Waals surface area contributed by atoms with Gasteiger partial charge in [0.15, 0.2) is 17.0 Å². The van der Waals surface area contributed by atoms with Crippen LogP contribution >= 0.6 is 0 Å². The fourth-order valence-corrected chi connectivity index (χ4v) is 4.79. The maximum absolute atomic E-state index is 9.29. The number of aliphatic hydroxyl groups is 1. The van der Waals surface area contributed by atoms with Crippen molar-refractivity contribution in [1.29, 1.82) is 0 Å². The standard InChI is InChI=1S/C25H36N8O2/c26-19-4-8-21(9-5-19)29-25-30-23(22-24(31-25)33(17-27-22)10-1-13-34)28-20-6-2-18(3-7-20)16-32-11-14-35-15-12-32/h2-3,6-7,17,19,21,34H,1,4-5,8-16,26H2,(H2,28,29,30,31). The Balaban J connectivity index is 1.35. The maximum Gasteiger partial charge on any atom is 0.227 e. The summed E-state index contributed by atoms with van der Waals surface area (Å²) in [5.41, 5.74) is 9.79. The molecule has 1 aromatic carbocycles. The van der Waals surface area contributed by atoms with E-state index in [9.17, 15) is 5.11 Å². The topological polar surface area (TPSA) is 126 Å². The van der Waals surface area contributed by atoms with Crippen molar-refractivity contribution in [3.8, 4) is 0 Å². The van der Waals surface area contributed by atoms with Gasteiger partial charge in [-0.15, -0.1) is 0 Å². The number of fused-ring (bicyclic) bond motifs is 1. The molecule has 1 saturated carbocycles. The van der Waals surface area contributed by atoms with Gasteiger partial charge in [0.05, 0.1) is 19.5 Å². The molecule has 0 unspecified atom stereocenters. The number of hydrogen-bond donors (Lipinski definition) is 4. The second-order valence-corrected chi connectivity index (χ2v) is 9.55. The quantitative estimate of drug-likeness (QED) is 0.365. The third kappa shape index (κ3) is 6.07. The highest BCUT2D eigenvalue weighted by Crippen LogP contribution is 2.27. The van der Waals surface area contributed by atoms with Crippen LogP contribution in [-0.4, -0.2) is 74.5 Å². The highest BCUT2D eigenvalue weighted by molar-refractivity contribution is 5.86. The van der Waals surface area contributed by atoms with Gasteiger partial charge in [0.1, 0.15) is 0 Å². The molecule has 0 amide bonds. The highest BCUT2D eigenvalue weighted by atomic mass is 16.5. The van der Waals surface area contributed by atoms with E-state index in [1.54, 1.807) is 6.33 Å². The zero-order valence-electron chi connectivity index (χ0n) is 20.2. The molecular weight excluding hydrogens is 444 g/mol. The van der Waals surface area contributed by atoms with Gasteiger partial charge < -0.3 is 30.8 Å². The zero-order valence-corrected chi connectivity index (χ0v) is 20.2. The minimum Gasteiger partial charge on any atom is -0.396 e. The van der Waals surface area contributed by atoms with Crippen molar-refractivity contribution < 1.29 is 9.84 Å². The first-order valence-corrected chi connectivity index (χ1v) is 12.7. The van der Waals surface area contributed by atoms with Gasteiger partial charge in [-0.25, -0.2) is 4.98 Å². The van der Waals surface area contributed by atoms with Crippen LogP contribution in [0.2, 0.25) is 0 Å². The number of nitrogens with two attached hydrogens (primary N) is 1. The lowest BCUT2D eigenvalue weighted by atomic mass is 9.92. The van der Waals surface area contributed by atoms with Crippen molar-refractivity contribution in [1.82, 2.24) is 24.4 Å². The van der Waals surface area contributed by atoms with Gasteiger partial charge in [0.2, 0.25) is 5.95 Å². The summed E-state index contributed by atoms with van der Waals surface area (Å²) in [6.07, 6.45) is 6.47. The third-order valence-corrected chi connectivity index (χ3v) is 6.85. The first kappa shape index (κ1) is 23.9. The number of hydrogen-bond acceptors (Lipinski definition) is 9. The second kappa shape index (κ2) is 11.3. The summed E-state index contributed by atoms with van der Waals surface area (Å²) in [5, 5.41) is 16.3. The number of nitrogens with zero attached hydrogens (tertiary/aromatic N) is 5. The number of aromatic nitrogens is 4. The summed E-state index contributed by atoms with van der Waals surface area (Å²) in [4.78, 5) is 16.6. The Hall–Kier alpha value is -2.79. The third-order valence-electron chi connectivity index (χ3n) is 6.85. The maximum atomic E-state index is 9.29. The molecule has 2 fully saturated rings. The first-order valence-electron chi connectivity index (χ1n) is 12.7. The molecule has 1 saturated heterocycles. The molecule has 1 aliphatic heterocycles. The van der Waals surface area contributed by atoms with Crippen LogP contribution in [0.1, 0.15) is 37.7 Å². The molecule has 0 spiro atoms. The van der Waals surface area contributed by atoms with Crippen molar-refractivity contribution in [2.24, 2.45) is 5.73 Å². The molecule has 3 heterocycles. The monoisotopic (exact) mass is 480 g/mol. The lowest BCUT2D eigenvalue weighted by Gasteiger charge is -2.27. The van der Waals surface area contributed by atoms with Crippen LogP contribution in [0.3, 0.4) is 0 Å². The first-order chi connectivity index (χ1) is 17.2. The Kier molecular flexibility index (Phi) is 7.72. The normalized spacial score (nSPS) is 21.3. The van der Waals surface area contributed by atoms with E-state index in [0.29, 0.717) is 36.8 Å². The van der Waals surface area contributed by atoms with Gasteiger partial charge in [-0.3, -0.25) is 4.90 Å². The van der Waals surface area contributed by atoms with E-state index in [1.807, 2.05) is 4.57 Å². The van der Waals surface area contributed by atoms with Gasteiger partial charge in [-0.1, -0.05) is 12.1 Å². The Morgan fingerprint density at radius 2 is 1.83 bits per heavy atom. The van der Waals surface area contributed by atoms with E-state index in [4.69, 9.17) is 20.4 Å². The fourth-order valence-electron chi connectivity index (χ4n) is 4.79. The lowest BCUT2D eigenvalue weighted by Crippen LogP contribution is -2.35. The van der Waals surface area contributed by atoms with Crippen molar-refractivity contribution in [3.05, 3.63) is 36.2 Å². The summed E-state index contributed by atoms with van der Waals surface area (Å²) >= 11 is 0. The molecule has 2 aromatic heterocycles. The molecule has 5 rings (SSSR count). The van der Waals surface area contributed by atoms with E-state index in [2.05, 4.69) is 44.8 Å². The van der Waals surface area contributed by atoms with Crippen LogP contribution in [0.5, 0.6) is 0 Å². The smallest absolute Gasteiger partial charge is 0.227 e. The van der Waals surface area contributed by atoms with E-state index in [1.165, 1.54) is 5.56 Å². The summed E-state index contributed by atoms with van der Waals surface area (Å²) in [6.45, 7) is 5.26. The predicted octanol–water partition coefficient (Wildman–Crippen LogP) is 2.47. The predicted molar refractivity (Wildman–Crippen MR) is 137 cm³/mol. The number of aryl methyl sites for hydroxylation is 1. The average molecular weight is 481 g/mol. The minimum atomic E-state index is 0.125. The van der Waals surface area contributed by atoms with E-state index >= 15 is 0 Å². The van der Waals surface area contributed by atoms with Gasteiger partial charge in [-0.05, 0) is 49.8 Å². The molecular formula is C25H36N8O2. The fraction of sp³-hybridized carbons (Fsp3) is 0.560. The number of imidazole rings is 1. The Bertz CT molecular complexity index is 1090. The van der Waals surface area contributed by atoms with Crippen molar-refractivity contribution in [2.45, 2.75) is 57.3 Å². The molecule has 5 N–H and O–H groups in total. The van der Waals surface area contributed by atoms with Crippen LogP contribution in [0.15, 0.2) is 30.6 Å². The number of nitrogens with one attached hydrogen (secondary N) is 2. The molecule has 3 aromatic rings. The van der Waals surface area contributed by atoms with Gasteiger partial charge in [-0.2, -0.15) is 9.97 Å². The van der Waals surface area contributed by atoms with Crippen LogP contribution < -0.4 is 16.4 Å². The Labute approximate surface area is 205 Å². The molecule has 1 aliphatic carbocycles. The zero-order chi connectivity index (χ0) is 24.0. The van der Waals surface area contributed by atoms with Crippen LogP contribution in [0, 0.1) is 0 Å². The number of anilines is 3. The Morgan fingerprint density at radius 1 is 1.06 bits per heavy atom. The van der Waals surface area contributed by atoms with Crippen LogP contribution in [0.25, 0.3) is 11.2 Å². The summed E-state index contributed by atoms with van der Waals surface area (Å²) in [5.74, 6) is 1.27. The van der Waals surface area contributed by atoms with E-state index in [-0.39, 0.29) is 6.61 Å². The molecule has 0 bridgehead atoms. The lowest BCUT2D eigenvalue weighted by molar-refractivity contribution is 0.0342. The van der Waals surface area contributed by atoms with E-state index in [0.717, 1.165) is 75.4 Å². The largest absolute Gasteiger partial charge is 0.396 e. The molecule has 2 aliphatic rings. The molecule has 0 atom stereocenters. The number of aliphatic hydroxyl groups excluding tert-OH is 1. The minimum absolute atomic E-state index is 0.125. The van der Waals surface area contributed by atoms with Crippen molar-refractivity contribution in [3.63, 3.8) is 0 Å². The van der Waals surface area contributed by atoms with Gasteiger partial charge in [0.25, 0.3) is 0 Å². The van der Waals surface area contributed by atoms with Crippen molar-refractivity contribution in [2.75, 3.05) is 43.5 Å². The summed E-state index contributed by atoms with van der Waals surface area (Å²) in [6, 6.07) is 9.08. The molecule has 0 radical (unpaired) electrons. The molecule has 10 nitrogen and oxygen atoms in total. The summed E-state index contributed by atoms with van der Waals surface area (Å²) < 4.78 is 7.43. The van der Waals surface area contributed by atoms with Crippen molar-refractivity contribution >= 4 is 28.6 Å². The van der Waals surface area contributed by atoms with E-state index < -0.39 is 0 Å². The average Bonchev–Trinajstić information content (AvgIpc) is 3.29. The highest BCUT2D eigenvalue weighted by Gasteiger charge is 2.21. The van der Waals surface area contributed by atoms with Gasteiger partial charge >= 0.3 is 0 Å². The molecule has 10 heteroatoms. The molecule has 188 valence electrons. The Morgan fingerprint density at radius 3 is 2.57 bits per heavy atom. The number of benzene rings is 1. The second-order valence-electron chi connectivity index (χ2n) is 9.55. The van der Waals surface area contributed by atoms with Gasteiger partial charge in [0, 0.05) is 50.6 Å². The van der Waals surface area contributed by atoms with Crippen LogP contribution in [-0.2, 0) is 17.8 Å². The molecule has 35 heavy (non-hydrogen) atoms. The SMILES string of the molecule is NC1CCC(Nc2nc(Nc3ccc(CN4CCOCC4)cc3)c3ncn(CCCO)c3n2)CC1.